The van der Waals surface area contributed by atoms with Crippen molar-refractivity contribution in [3.05, 3.63) is 0 Å². The van der Waals surface area contributed by atoms with E-state index in [0.29, 0.717) is 0 Å². The summed E-state index contributed by atoms with van der Waals surface area (Å²) in [6.45, 7) is 4.63. The zero-order chi connectivity index (χ0) is 15.3. The fraction of sp³-hybridized carbons (Fsp3) is 1.00. The third-order valence-corrected chi connectivity index (χ3v) is 6.36. The highest BCUT2D eigenvalue weighted by Crippen LogP contribution is 2.27. The van der Waals surface area contributed by atoms with Crippen LogP contribution in [0.2, 0.25) is 6.04 Å². The molecule has 4 heteroatoms. The summed E-state index contributed by atoms with van der Waals surface area (Å²) in [5.41, 5.74) is 0. The number of unbranched alkanes of at least 4 members (excludes halogenated alkanes) is 10. The molecule has 0 fully saturated rings. The van der Waals surface area contributed by atoms with Crippen molar-refractivity contribution < 1.29 is 0 Å². The molecule has 0 nitrogen and oxygen atoms in total. The Labute approximate surface area is 142 Å². The van der Waals surface area contributed by atoms with Gasteiger partial charge in [-0.2, -0.15) is 0 Å². The monoisotopic (exact) mass is 358 g/mol. The van der Waals surface area contributed by atoms with Crippen LogP contribution in [0.5, 0.6) is 0 Å². The van der Waals surface area contributed by atoms with Gasteiger partial charge >= 0.3 is 6.00 Å². The smallest absolute Gasteiger partial charge is 0.126 e. The zero-order valence-electron chi connectivity index (χ0n) is 13.4. The normalized spacial score (nSPS) is 12.3. The van der Waals surface area contributed by atoms with Crippen molar-refractivity contribution in [3.63, 3.8) is 0 Å². The van der Waals surface area contributed by atoms with Crippen LogP contribution in [-0.4, -0.2) is 6.00 Å². The van der Waals surface area contributed by atoms with Crippen molar-refractivity contribution in [3.8, 4) is 0 Å². The Hall–Kier alpha value is 1.09. The molecular weight excluding hydrogens is 327 g/mol. The van der Waals surface area contributed by atoms with Crippen LogP contribution in [-0.2, 0) is 0 Å². The maximum atomic E-state index is 5.85. The predicted octanol–water partition coefficient (Wildman–Crippen LogP) is 7.98. The Morgan fingerprint density at radius 3 is 1.30 bits per heavy atom. The molecule has 0 heterocycles. The number of hydrogen-bond donors (Lipinski definition) is 0. The van der Waals surface area contributed by atoms with Crippen molar-refractivity contribution in [2.24, 2.45) is 5.92 Å². The molecule has 0 radical (unpaired) electrons. The number of halogens is 3. The van der Waals surface area contributed by atoms with E-state index in [9.17, 15) is 0 Å². The van der Waals surface area contributed by atoms with Crippen LogP contribution in [0.3, 0.4) is 0 Å². The lowest BCUT2D eigenvalue weighted by Gasteiger charge is -2.07. The molecule has 0 amide bonds. The third kappa shape index (κ3) is 19.1. The second kappa shape index (κ2) is 13.7. The molecule has 0 aliphatic rings. The van der Waals surface area contributed by atoms with Gasteiger partial charge in [0.2, 0.25) is 0 Å². The van der Waals surface area contributed by atoms with Gasteiger partial charge in [0.15, 0.2) is 0 Å². The van der Waals surface area contributed by atoms with Gasteiger partial charge in [-0.1, -0.05) is 90.9 Å². The molecule has 0 bridgehead atoms. The summed E-state index contributed by atoms with van der Waals surface area (Å²) < 4.78 is 0. The summed E-state index contributed by atoms with van der Waals surface area (Å²) >= 11 is 17.6. The topological polar surface area (TPSA) is 0 Å². The van der Waals surface area contributed by atoms with Crippen molar-refractivity contribution in [2.45, 2.75) is 96.9 Å². The molecule has 0 aliphatic heterocycles. The van der Waals surface area contributed by atoms with Gasteiger partial charge < -0.3 is 0 Å². The van der Waals surface area contributed by atoms with Crippen molar-refractivity contribution in [2.75, 3.05) is 0 Å². The van der Waals surface area contributed by atoms with Gasteiger partial charge in [0.25, 0.3) is 0 Å². The molecule has 0 spiro atoms. The van der Waals surface area contributed by atoms with Crippen LogP contribution in [0.25, 0.3) is 0 Å². The van der Waals surface area contributed by atoms with Gasteiger partial charge in [-0.15, -0.1) is 33.2 Å². The van der Waals surface area contributed by atoms with Crippen LogP contribution in [0.1, 0.15) is 90.9 Å². The predicted molar refractivity (Wildman–Crippen MR) is 98.4 cm³/mol. The first kappa shape index (κ1) is 21.1. The van der Waals surface area contributed by atoms with Gasteiger partial charge in [0.1, 0.15) is 0 Å². The largest absolute Gasteiger partial charge is 0.341 e. The quantitative estimate of drug-likeness (QED) is 0.167. The highest BCUT2D eigenvalue weighted by atomic mass is 35.8. The molecule has 0 aromatic heterocycles. The number of rotatable bonds is 14. The summed E-state index contributed by atoms with van der Waals surface area (Å²) in [6.07, 6.45) is 16.3. The minimum absolute atomic E-state index is 0.827. The van der Waals surface area contributed by atoms with E-state index in [4.69, 9.17) is 33.2 Å². The summed E-state index contributed by atoms with van der Waals surface area (Å²) in [5, 5.41) is 0. The summed E-state index contributed by atoms with van der Waals surface area (Å²) in [5.74, 6) is 0.874. The molecule has 20 heavy (non-hydrogen) atoms. The second-order valence-electron chi connectivity index (χ2n) is 6.44. The molecule has 0 saturated heterocycles. The van der Waals surface area contributed by atoms with E-state index in [1.54, 1.807) is 0 Å². The molecule has 0 atom stereocenters. The van der Waals surface area contributed by atoms with Gasteiger partial charge in [-0.25, -0.2) is 0 Å². The van der Waals surface area contributed by atoms with E-state index in [2.05, 4.69) is 13.8 Å². The summed E-state index contributed by atoms with van der Waals surface area (Å²) in [4.78, 5) is 0. The molecule has 0 saturated carbocycles. The Bertz CT molecular complexity index is 202. The minimum Gasteiger partial charge on any atom is -0.126 e. The van der Waals surface area contributed by atoms with Crippen LogP contribution in [0.15, 0.2) is 0 Å². The van der Waals surface area contributed by atoms with E-state index in [-0.39, 0.29) is 0 Å². The SMILES string of the molecule is CC(C)CCCCCCCCCCCCC[Si](Cl)(Cl)Cl. The third-order valence-electron chi connectivity index (χ3n) is 3.74. The molecule has 0 rings (SSSR count). The summed E-state index contributed by atoms with van der Waals surface area (Å²) in [6, 6.07) is -1.52. The van der Waals surface area contributed by atoms with Gasteiger partial charge in [-0.3, -0.25) is 0 Å². The second-order valence-corrected chi connectivity index (χ2v) is 15.7. The lowest BCUT2D eigenvalue weighted by atomic mass is 10.0. The Morgan fingerprint density at radius 2 is 0.950 bits per heavy atom. The van der Waals surface area contributed by atoms with E-state index in [0.717, 1.165) is 18.4 Å². The average Bonchev–Trinajstić information content (AvgIpc) is 2.33. The van der Waals surface area contributed by atoms with E-state index >= 15 is 0 Å². The fourth-order valence-corrected chi connectivity index (χ4v) is 4.32. The first-order chi connectivity index (χ1) is 9.42. The van der Waals surface area contributed by atoms with E-state index < -0.39 is 6.00 Å². The van der Waals surface area contributed by atoms with Crippen molar-refractivity contribution in [1.82, 2.24) is 0 Å². The molecular formula is C16H33Cl3Si. The molecule has 0 aliphatic carbocycles. The van der Waals surface area contributed by atoms with Crippen LogP contribution >= 0.6 is 33.2 Å². The standard InChI is InChI=1S/C16H33Cl3Si/c1-16(2)14-12-10-8-6-4-3-5-7-9-11-13-15-20(17,18)19/h16H,3-15H2,1-2H3. The maximum Gasteiger partial charge on any atom is 0.341 e. The lowest BCUT2D eigenvalue weighted by Crippen LogP contribution is -2.07. The highest BCUT2D eigenvalue weighted by Gasteiger charge is 2.23. The summed E-state index contributed by atoms with van der Waals surface area (Å²) in [7, 11) is 0. The molecule has 0 unspecified atom stereocenters. The van der Waals surface area contributed by atoms with Crippen molar-refractivity contribution >= 4 is 39.2 Å². The Balaban J connectivity index is 3.03. The minimum atomic E-state index is -2.35. The van der Waals surface area contributed by atoms with E-state index in [1.165, 1.54) is 70.6 Å². The van der Waals surface area contributed by atoms with Crippen molar-refractivity contribution in [1.29, 1.82) is 0 Å². The van der Waals surface area contributed by atoms with Crippen LogP contribution in [0, 0.1) is 5.92 Å². The van der Waals surface area contributed by atoms with Gasteiger partial charge in [-0.05, 0) is 12.0 Å². The Kier molecular flexibility index (Phi) is 14.5. The first-order valence-corrected chi connectivity index (χ1v) is 13.7. The van der Waals surface area contributed by atoms with Gasteiger partial charge in [0, 0.05) is 0 Å². The molecule has 122 valence electrons. The van der Waals surface area contributed by atoms with Crippen LogP contribution < -0.4 is 0 Å². The van der Waals surface area contributed by atoms with E-state index in [1.807, 2.05) is 0 Å². The first-order valence-electron chi connectivity index (χ1n) is 8.48. The molecule has 0 N–H and O–H groups in total. The molecule has 0 aromatic rings. The Morgan fingerprint density at radius 1 is 0.600 bits per heavy atom. The molecule has 0 aromatic carbocycles. The zero-order valence-corrected chi connectivity index (χ0v) is 16.7. The number of hydrogen-bond acceptors (Lipinski definition) is 0. The average molecular weight is 360 g/mol. The van der Waals surface area contributed by atoms with Gasteiger partial charge in [0.05, 0.1) is 0 Å². The fourth-order valence-electron chi connectivity index (χ4n) is 2.47. The lowest BCUT2D eigenvalue weighted by molar-refractivity contribution is 0.504. The maximum absolute atomic E-state index is 5.85. The highest BCUT2D eigenvalue weighted by molar-refractivity contribution is 7.64. The van der Waals surface area contributed by atoms with Crippen LogP contribution in [0.4, 0.5) is 0 Å².